The first kappa shape index (κ1) is 14.7. The van der Waals surface area contributed by atoms with Crippen molar-refractivity contribution in [3.05, 3.63) is 41.7 Å². The van der Waals surface area contributed by atoms with Crippen molar-refractivity contribution in [1.82, 2.24) is 10.2 Å². The number of aryl methyl sites for hydroxylation is 1. The van der Waals surface area contributed by atoms with Crippen LogP contribution in [0.1, 0.15) is 16.1 Å². The Labute approximate surface area is 121 Å². The van der Waals surface area contributed by atoms with Crippen LogP contribution in [0.2, 0.25) is 0 Å². The Balaban J connectivity index is 2.06. The van der Waals surface area contributed by atoms with E-state index in [1.807, 2.05) is 0 Å². The maximum atomic E-state index is 12.1. The predicted molar refractivity (Wildman–Crippen MR) is 78.2 cm³/mol. The molecule has 0 bridgehead atoms. The number of carbonyl (C=O) groups is 2. The first-order valence-corrected chi connectivity index (χ1v) is 6.30. The molecule has 21 heavy (non-hydrogen) atoms. The molecule has 0 aliphatic carbocycles. The lowest BCUT2D eigenvalue weighted by molar-refractivity contribution is -0.119. The third-order valence-electron chi connectivity index (χ3n) is 2.75. The van der Waals surface area contributed by atoms with E-state index in [1.165, 1.54) is 13.3 Å². The Morgan fingerprint density at radius 3 is 2.62 bits per heavy atom. The van der Waals surface area contributed by atoms with Crippen LogP contribution in [0, 0.1) is 6.92 Å². The molecule has 0 spiro atoms. The molecular weight excluding hydrogens is 272 g/mol. The zero-order valence-corrected chi connectivity index (χ0v) is 11.8. The molecule has 2 amide bonds. The maximum Gasteiger partial charge on any atom is 0.259 e. The molecule has 0 unspecified atom stereocenters. The number of anilines is 2. The second-order valence-corrected chi connectivity index (χ2v) is 4.42. The molecule has 0 saturated carbocycles. The van der Waals surface area contributed by atoms with Crippen molar-refractivity contribution in [2.45, 2.75) is 6.92 Å². The van der Waals surface area contributed by atoms with Gasteiger partial charge in [0.15, 0.2) is 0 Å². The number of methoxy groups -OCH3 is 1. The molecule has 7 heteroatoms. The predicted octanol–water partition coefficient (Wildman–Crippen LogP) is 1.56. The van der Waals surface area contributed by atoms with Crippen LogP contribution in [-0.2, 0) is 9.53 Å². The number of aromatic amines is 1. The van der Waals surface area contributed by atoms with Crippen LogP contribution in [-0.4, -0.2) is 35.7 Å². The van der Waals surface area contributed by atoms with Gasteiger partial charge in [-0.2, -0.15) is 5.10 Å². The van der Waals surface area contributed by atoms with Crippen molar-refractivity contribution >= 4 is 23.2 Å². The number of carbonyl (C=O) groups excluding carboxylic acids is 2. The van der Waals surface area contributed by atoms with Gasteiger partial charge in [-0.1, -0.05) is 6.07 Å². The first-order valence-electron chi connectivity index (χ1n) is 6.30. The number of H-pyrrole nitrogens is 1. The third kappa shape index (κ3) is 3.90. The Morgan fingerprint density at radius 1 is 1.29 bits per heavy atom. The molecule has 0 aliphatic rings. The normalized spacial score (nSPS) is 10.2. The van der Waals surface area contributed by atoms with Crippen molar-refractivity contribution in [3.63, 3.8) is 0 Å². The number of ether oxygens (including phenoxy) is 1. The van der Waals surface area contributed by atoms with Crippen molar-refractivity contribution in [2.75, 3.05) is 24.4 Å². The number of amides is 2. The van der Waals surface area contributed by atoms with E-state index >= 15 is 0 Å². The summed E-state index contributed by atoms with van der Waals surface area (Å²) < 4.78 is 4.74. The topological polar surface area (TPSA) is 96.1 Å². The number of benzene rings is 1. The molecule has 2 aromatic rings. The first-order chi connectivity index (χ1) is 10.1. The second-order valence-electron chi connectivity index (χ2n) is 4.42. The molecule has 110 valence electrons. The Bertz CT molecular complexity index is 651. The number of rotatable bonds is 5. The lowest BCUT2D eigenvalue weighted by atomic mass is 10.2. The average Bonchev–Trinajstić information content (AvgIpc) is 2.85. The van der Waals surface area contributed by atoms with E-state index in [0.29, 0.717) is 22.6 Å². The van der Waals surface area contributed by atoms with E-state index in [0.717, 1.165) is 0 Å². The largest absolute Gasteiger partial charge is 0.375 e. The maximum absolute atomic E-state index is 12.1. The van der Waals surface area contributed by atoms with Gasteiger partial charge in [0.25, 0.3) is 5.91 Å². The molecule has 0 aliphatic heterocycles. The molecule has 2 rings (SSSR count). The highest BCUT2D eigenvalue weighted by molar-refractivity contribution is 6.05. The van der Waals surface area contributed by atoms with E-state index in [4.69, 9.17) is 4.74 Å². The minimum Gasteiger partial charge on any atom is -0.375 e. The summed E-state index contributed by atoms with van der Waals surface area (Å²) in [5.41, 5.74) is 2.33. The van der Waals surface area contributed by atoms with Crippen LogP contribution >= 0.6 is 0 Å². The smallest absolute Gasteiger partial charge is 0.259 e. The van der Waals surface area contributed by atoms with Crippen LogP contribution in [0.15, 0.2) is 30.5 Å². The minimum absolute atomic E-state index is 0.0230. The second kappa shape index (κ2) is 6.67. The Kier molecular flexibility index (Phi) is 4.68. The zero-order chi connectivity index (χ0) is 15.2. The van der Waals surface area contributed by atoms with Crippen LogP contribution < -0.4 is 10.6 Å². The molecule has 1 aromatic carbocycles. The van der Waals surface area contributed by atoms with Gasteiger partial charge in [0.2, 0.25) is 5.91 Å². The van der Waals surface area contributed by atoms with Crippen molar-refractivity contribution in [1.29, 1.82) is 0 Å². The van der Waals surface area contributed by atoms with Gasteiger partial charge in [0, 0.05) is 24.2 Å². The van der Waals surface area contributed by atoms with Gasteiger partial charge in [-0.3, -0.25) is 14.7 Å². The number of nitrogens with zero attached hydrogens (tertiary/aromatic N) is 1. The summed E-state index contributed by atoms with van der Waals surface area (Å²) in [6.07, 6.45) is 1.47. The van der Waals surface area contributed by atoms with Gasteiger partial charge in [-0.05, 0) is 25.1 Å². The number of hydrogen-bond acceptors (Lipinski definition) is 4. The number of hydrogen-bond donors (Lipinski definition) is 3. The summed E-state index contributed by atoms with van der Waals surface area (Å²) in [6, 6.07) is 6.87. The van der Waals surface area contributed by atoms with E-state index in [-0.39, 0.29) is 18.4 Å². The summed E-state index contributed by atoms with van der Waals surface area (Å²) >= 11 is 0. The summed E-state index contributed by atoms with van der Waals surface area (Å²) in [5, 5.41) is 11.9. The van der Waals surface area contributed by atoms with Crippen molar-refractivity contribution in [3.8, 4) is 0 Å². The highest BCUT2D eigenvalue weighted by Gasteiger charge is 2.11. The van der Waals surface area contributed by atoms with Gasteiger partial charge in [-0.15, -0.1) is 0 Å². The highest BCUT2D eigenvalue weighted by Crippen LogP contribution is 2.16. The summed E-state index contributed by atoms with van der Waals surface area (Å²) in [5.74, 6) is -0.520. The fraction of sp³-hybridized carbons (Fsp3) is 0.214. The van der Waals surface area contributed by atoms with Crippen LogP contribution in [0.4, 0.5) is 11.4 Å². The van der Waals surface area contributed by atoms with Crippen LogP contribution in [0.3, 0.4) is 0 Å². The molecule has 0 radical (unpaired) electrons. The molecule has 0 saturated heterocycles. The fourth-order valence-electron chi connectivity index (χ4n) is 1.78. The lowest BCUT2D eigenvalue weighted by Gasteiger charge is -2.08. The number of nitrogens with one attached hydrogen (secondary N) is 3. The lowest BCUT2D eigenvalue weighted by Crippen LogP contribution is -2.17. The van der Waals surface area contributed by atoms with E-state index in [2.05, 4.69) is 20.8 Å². The van der Waals surface area contributed by atoms with E-state index in [9.17, 15) is 9.59 Å². The number of aromatic nitrogens is 2. The van der Waals surface area contributed by atoms with Gasteiger partial charge in [0.05, 0.1) is 11.8 Å². The monoisotopic (exact) mass is 288 g/mol. The minimum atomic E-state index is -0.262. The van der Waals surface area contributed by atoms with Crippen molar-refractivity contribution < 1.29 is 14.3 Å². The van der Waals surface area contributed by atoms with Crippen molar-refractivity contribution in [2.24, 2.45) is 0 Å². The van der Waals surface area contributed by atoms with Gasteiger partial charge < -0.3 is 15.4 Å². The Hall–Kier alpha value is -2.67. The molecule has 3 N–H and O–H groups in total. The van der Waals surface area contributed by atoms with E-state index in [1.54, 1.807) is 31.2 Å². The molecule has 0 atom stereocenters. The summed E-state index contributed by atoms with van der Waals surface area (Å²) in [7, 11) is 1.45. The van der Waals surface area contributed by atoms with Crippen LogP contribution in [0.25, 0.3) is 0 Å². The SMILES string of the molecule is COCC(=O)Nc1cccc(NC(=O)c2cn[nH]c2C)c1. The van der Waals surface area contributed by atoms with Gasteiger partial charge >= 0.3 is 0 Å². The molecule has 0 fully saturated rings. The molecule has 1 heterocycles. The van der Waals surface area contributed by atoms with Gasteiger partial charge in [0.1, 0.15) is 6.61 Å². The third-order valence-corrected chi connectivity index (χ3v) is 2.75. The zero-order valence-electron chi connectivity index (χ0n) is 11.8. The fourth-order valence-corrected chi connectivity index (χ4v) is 1.78. The Morgan fingerprint density at radius 2 is 2.00 bits per heavy atom. The van der Waals surface area contributed by atoms with E-state index < -0.39 is 0 Å². The molecule has 1 aromatic heterocycles. The van der Waals surface area contributed by atoms with Crippen LogP contribution in [0.5, 0.6) is 0 Å². The average molecular weight is 288 g/mol. The standard InChI is InChI=1S/C14H16N4O3/c1-9-12(7-15-18-9)14(20)17-11-5-3-4-10(6-11)16-13(19)8-21-2/h3-7H,8H2,1-2H3,(H,15,18)(H,16,19)(H,17,20). The summed E-state index contributed by atoms with van der Waals surface area (Å²) in [6.45, 7) is 1.74. The molecular formula is C14H16N4O3. The quantitative estimate of drug-likeness (QED) is 0.777. The highest BCUT2D eigenvalue weighted by atomic mass is 16.5. The van der Waals surface area contributed by atoms with Gasteiger partial charge in [-0.25, -0.2) is 0 Å². The molecule has 7 nitrogen and oxygen atoms in total. The summed E-state index contributed by atoms with van der Waals surface area (Å²) in [4.78, 5) is 23.5.